The van der Waals surface area contributed by atoms with E-state index in [9.17, 15) is 0 Å². The zero-order chi connectivity index (χ0) is 14.3. The van der Waals surface area contributed by atoms with E-state index in [1.807, 2.05) is 24.3 Å². The van der Waals surface area contributed by atoms with Gasteiger partial charge in [0.1, 0.15) is 0 Å². The first-order valence-corrected chi connectivity index (χ1v) is 7.93. The van der Waals surface area contributed by atoms with E-state index in [-0.39, 0.29) is 5.41 Å². The first-order chi connectivity index (χ1) is 10.3. The molecule has 110 valence electrons. The van der Waals surface area contributed by atoms with Crippen molar-refractivity contribution < 1.29 is 4.52 Å². The van der Waals surface area contributed by atoms with Crippen molar-refractivity contribution in [3.8, 4) is 0 Å². The van der Waals surface area contributed by atoms with Crippen LogP contribution in [0.25, 0.3) is 0 Å². The predicted octanol–water partition coefficient (Wildman–Crippen LogP) is 2.95. The molecule has 1 aromatic carbocycles. The summed E-state index contributed by atoms with van der Waals surface area (Å²) in [5, 5.41) is 8.42. The van der Waals surface area contributed by atoms with E-state index in [0.29, 0.717) is 12.3 Å². The van der Waals surface area contributed by atoms with Gasteiger partial charge in [0.25, 0.3) is 0 Å². The number of benzene rings is 1. The van der Waals surface area contributed by atoms with Crippen LogP contribution in [0.1, 0.15) is 36.5 Å². The minimum atomic E-state index is 0.0751. The number of hydrogen-bond donors (Lipinski definition) is 1. The zero-order valence-corrected chi connectivity index (χ0v) is 12.6. The summed E-state index contributed by atoms with van der Waals surface area (Å²) in [7, 11) is 0. The standard InChI is InChI=1S/C16H18ClN3O/c17-13-6-2-1-4-11(13)8-14-19-15(21-20-14)16-7-3-5-12(16)9-18-10-16/h1-2,4,6,12,18H,3,5,7-10H2/t12-,16-/m1/s1. The van der Waals surface area contributed by atoms with Crippen LogP contribution in [0.4, 0.5) is 0 Å². The number of rotatable bonds is 3. The van der Waals surface area contributed by atoms with Crippen molar-refractivity contribution in [3.05, 3.63) is 46.6 Å². The highest BCUT2D eigenvalue weighted by atomic mass is 35.5. The highest BCUT2D eigenvalue weighted by Gasteiger charge is 2.51. The first kappa shape index (κ1) is 13.3. The van der Waals surface area contributed by atoms with E-state index < -0.39 is 0 Å². The Kier molecular flexibility index (Phi) is 3.23. The monoisotopic (exact) mass is 303 g/mol. The van der Waals surface area contributed by atoms with Gasteiger partial charge in [-0.25, -0.2) is 0 Å². The molecule has 0 radical (unpaired) electrons. The summed E-state index contributed by atoms with van der Waals surface area (Å²) in [6, 6.07) is 7.81. The number of nitrogens with one attached hydrogen (secondary N) is 1. The van der Waals surface area contributed by atoms with Crippen LogP contribution in [0, 0.1) is 5.92 Å². The van der Waals surface area contributed by atoms with E-state index in [0.717, 1.165) is 41.8 Å². The summed E-state index contributed by atoms with van der Waals surface area (Å²) < 4.78 is 5.62. The van der Waals surface area contributed by atoms with E-state index in [1.165, 1.54) is 12.8 Å². The number of hydrogen-bond acceptors (Lipinski definition) is 4. The smallest absolute Gasteiger partial charge is 0.234 e. The molecule has 1 aromatic heterocycles. The van der Waals surface area contributed by atoms with Gasteiger partial charge in [0.2, 0.25) is 5.89 Å². The van der Waals surface area contributed by atoms with Gasteiger partial charge in [0, 0.05) is 18.0 Å². The molecule has 2 aromatic rings. The molecule has 1 saturated heterocycles. The van der Waals surface area contributed by atoms with Crippen LogP contribution in [-0.4, -0.2) is 23.2 Å². The third-order valence-electron chi connectivity index (χ3n) is 4.99. The predicted molar refractivity (Wildman–Crippen MR) is 80.4 cm³/mol. The molecule has 0 spiro atoms. The Morgan fingerprint density at radius 3 is 3.19 bits per heavy atom. The van der Waals surface area contributed by atoms with E-state index >= 15 is 0 Å². The molecule has 0 unspecified atom stereocenters. The Labute approximate surface area is 128 Å². The molecule has 4 rings (SSSR count). The number of fused-ring (bicyclic) bond motifs is 1. The van der Waals surface area contributed by atoms with Crippen LogP contribution in [0.3, 0.4) is 0 Å². The molecule has 2 aliphatic rings. The van der Waals surface area contributed by atoms with Crippen LogP contribution < -0.4 is 5.32 Å². The number of halogens is 1. The second-order valence-electron chi connectivity index (χ2n) is 6.16. The van der Waals surface area contributed by atoms with Crippen LogP contribution in [0.15, 0.2) is 28.8 Å². The average molecular weight is 304 g/mol. The lowest BCUT2D eigenvalue weighted by atomic mass is 9.80. The Morgan fingerprint density at radius 1 is 1.38 bits per heavy atom. The maximum Gasteiger partial charge on any atom is 0.234 e. The van der Waals surface area contributed by atoms with Gasteiger partial charge in [0.05, 0.1) is 5.41 Å². The average Bonchev–Trinajstić information content (AvgIpc) is 3.15. The van der Waals surface area contributed by atoms with Crippen molar-refractivity contribution in [2.45, 2.75) is 31.1 Å². The fraction of sp³-hybridized carbons (Fsp3) is 0.500. The molecule has 21 heavy (non-hydrogen) atoms. The largest absolute Gasteiger partial charge is 0.339 e. The molecule has 1 aliphatic heterocycles. The zero-order valence-electron chi connectivity index (χ0n) is 11.8. The van der Waals surface area contributed by atoms with Gasteiger partial charge in [-0.3, -0.25) is 0 Å². The quantitative estimate of drug-likeness (QED) is 0.947. The van der Waals surface area contributed by atoms with Gasteiger partial charge in [0.15, 0.2) is 5.82 Å². The summed E-state index contributed by atoms with van der Waals surface area (Å²) in [6.45, 7) is 2.04. The minimum Gasteiger partial charge on any atom is -0.339 e. The molecular formula is C16H18ClN3O. The lowest BCUT2D eigenvalue weighted by Crippen LogP contribution is -2.31. The van der Waals surface area contributed by atoms with Gasteiger partial charge in [-0.1, -0.05) is 41.4 Å². The maximum absolute atomic E-state index is 6.20. The van der Waals surface area contributed by atoms with Gasteiger partial charge < -0.3 is 9.84 Å². The summed E-state index contributed by atoms with van der Waals surface area (Å²) in [5.41, 5.74) is 1.11. The van der Waals surface area contributed by atoms with E-state index in [4.69, 9.17) is 16.1 Å². The van der Waals surface area contributed by atoms with Crippen molar-refractivity contribution in [1.29, 1.82) is 0 Å². The molecule has 1 saturated carbocycles. The molecule has 1 N–H and O–H groups in total. The van der Waals surface area contributed by atoms with Crippen molar-refractivity contribution in [1.82, 2.24) is 15.5 Å². The van der Waals surface area contributed by atoms with Crippen LogP contribution in [0.5, 0.6) is 0 Å². The molecule has 0 bridgehead atoms. The van der Waals surface area contributed by atoms with Crippen LogP contribution >= 0.6 is 11.6 Å². The second-order valence-corrected chi connectivity index (χ2v) is 6.57. The lowest BCUT2D eigenvalue weighted by molar-refractivity contribution is 0.264. The van der Waals surface area contributed by atoms with Crippen LogP contribution in [-0.2, 0) is 11.8 Å². The van der Waals surface area contributed by atoms with Crippen molar-refractivity contribution in [2.24, 2.45) is 5.92 Å². The first-order valence-electron chi connectivity index (χ1n) is 7.55. The summed E-state index contributed by atoms with van der Waals surface area (Å²) >= 11 is 6.20. The molecule has 4 nitrogen and oxygen atoms in total. The Balaban J connectivity index is 1.60. The molecule has 2 heterocycles. The summed E-state index contributed by atoms with van der Waals surface area (Å²) in [5.74, 6) is 2.19. The summed E-state index contributed by atoms with van der Waals surface area (Å²) in [4.78, 5) is 4.69. The highest BCUT2D eigenvalue weighted by Crippen LogP contribution is 2.47. The SMILES string of the molecule is Clc1ccccc1Cc1noc([C@@]23CCC[C@@H]2CNC3)n1. The third kappa shape index (κ3) is 2.17. The topological polar surface area (TPSA) is 51.0 Å². The Bertz CT molecular complexity index is 644. The van der Waals surface area contributed by atoms with Gasteiger partial charge >= 0.3 is 0 Å². The third-order valence-corrected chi connectivity index (χ3v) is 5.36. The molecule has 5 heteroatoms. The van der Waals surface area contributed by atoms with Gasteiger partial charge in [-0.15, -0.1) is 0 Å². The fourth-order valence-electron chi connectivity index (χ4n) is 3.84. The van der Waals surface area contributed by atoms with Gasteiger partial charge in [-0.2, -0.15) is 4.98 Å². The minimum absolute atomic E-state index is 0.0751. The van der Waals surface area contributed by atoms with Crippen molar-refractivity contribution in [2.75, 3.05) is 13.1 Å². The van der Waals surface area contributed by atoms with Crippen molar-refractivity contribution in [3.63, 3.8) is 0 Å². The maximum atomic E-state index is 6.20. The molecule has 0 amide bonds. The highest BCUT2D eigenvalue weighted by molar-refractivity contribution is 6.31. The fourth-order valence-corrected chi connectivity index (χ4v) is 4.04. The molecule has 2 fully saturated rings. The van der Waals surface area contributed by atoms with E-state index in [2.05, 4.69) is 15.5 Å². The summed E-state index contributed by atoms with van der Waals surface area (Å²) in [6.07, 6.45) is 4.29. The van der Waals surface area contributed by atoms with Gasteiger partial charge in [-0.05, 0) is 36.9 Å². The molecule has 1 aliphatic carbocycles. The molecule has 2 atom stereocenters. The van der Waals surface area contributed by atoms with E-state index in [1.54, 1.807) is 0 Å². The number of aromatic nitrogens is 2. The Hall–Kier alpha value is -1.39. The van der Waals surface area contributed by atoms with Crippen LogP contribution in [0.2, 0.25) is 5.02 Å². The second kappa shape index (κ2) is 5.11. The van der Waals surface area contributed by atoms with Crippen molar-refractivity contribution >= 4 is 11.6 Å². The Morgan fingerprint density at radius 2 is 2.29 bits per heavy atom. The lowest BCUT2D eigenvalue weighted by Gasteiger charge is -2.22. The molecular weight excluding hydrogens is 286 g/mol. The normalized spacial score (nSPS) is 28.0. The number of nitrogens with zero attached hydrogens (tertiary/aromatic N) is 2.